The van der Waals surface area contributed by atoms with Crippen molar-refractivity contribution in [3.63, 3.8) is 0 Å². The fourth-order valence-corrected chi connectivity index (χ4v) is 4.55. The molecule has 1 saturated heterocycles. The number of aromatic nitrogens is 5. The Hall–Kier alpha value is -1.50. The highest BCUT2D eigenvalue weighted by molar-refractivity contribution is 7.09. The highest BCUT2D eigenvalue weighted by atomic mass is 32.1. The molecule has 0 amide bonds. The van der Waals surface area contributed by atoms with Crippen LogP contribution in [0.25, 0.3) is 0 Å². The van der Waals surface area contributed by atoms with Crippen molar-refractivity contribution in [2.24, 2.45) is 7.05 Å². The van der Waals surface area contributed by atoms with Gasteiger partial charge in [-0.05, 0) is 25.7 Å². The Morgan fingerprint density at radius 1 is 1.14 bits per heavy atom. The van der Waals surface area contributed by atoms with Gasteiger partial charge in [-0.3, -0.25) is 0 Å². The first-order valence-electron chi connectivity index (χ1n) is 8.27. The van der Waals surface area contributed by atoms with Crippen LogP contribution in [0.1, 0.15) is 68.6 Å². The predicted molar refractivity (Wildman–Crippen MR) is 86.1 cm³/mol. The van der Waals surface area contributed by atoms with E-state index in [2.05, 4.69) is 19.5 Å². The zero-order valence-electron chi connectivity index (χ0n) is 13.0. The summed E-state index contributed by atoms with van der Waals surface area (Å²) >= 11 is 1.55. The first kappa shape index (κ1) is 14.1. The number of hydrogen-bond acceptors (Lipinski definition) is 6. The van der Waals surface area contributed by atoms with Crippen LogP contribution in [0.4, 0.5) is 5.13 Å². The molecule has 22 heavy (non-hydrogen) atoms. The van der Waals surface area contributed by atoms with E-state index in [1.54, 1.807) is 17.9 Å². The van der Waals surface area contributed by atoms with E-state index in [0.29, 0.717) is 12.0 Å². The third kappa shape index (κ3) is 2.51. The highest BCUT2D eigenvalue weighted by Crippen LogP contribution is 2.38. The summed E-state index contributed by atoms with van der Waals surface area (Å²) in [6.07, 6.45) is 10.6. The molecule has 2 fully saturated rings. The van der Waals surface area contributed by atoms with E-state index < -0.39 is 0 Å². The minimum Gasteiger partial charge on any atom is -0.337 e. The van der Waals surface area contributed by atoms with Crippen molar-refractivity contribution in [1.82, 2.24) is 24.1 Å². The molecule has 1 aliphatic heterocycles. The van der Waals surface area contributed by atoms with Gasteiger partial charge in [-0.15, -0.1) is 10.2 Å². The largest absolute Gasteiger partial charge is 0.337 e. The molecule has 118 valence electrons. The second kappa shape index (κ2) is 5.95. The van der Waals surface area contributed by atoms with E-state index in [9.17, 15) is 0 Å². The summed E-state index contributed by atoms with van der Waals surface area (Å²) in [4.78, 5) is 7.25. The van der Waals surface area contributed by atoms with Crippen molar-refractivity contribution in [3.8, 4) is 0 Å². The van der Waals surface area contributed by atoms with Gasteiger partial charge in [0.2, 0.25) is 5.13 Å². The van der Waals surface area contributed by atoms with Gasteiger partial charge < -0.3 is 9.47 Å². The van der Waals surface area contributed by atoms with Gasteiger partial charge in [0.15, 0.2) is 5.82 Å². The normalized spacial score (nSPS) is 23.3. The number of rotatable bonds is 3. The van der Waals surface area contributed by atoms with Crippen LogP contribution in [0.3, 0.4) is 0 Å². The molecule has 1 atom stereocenters. The average molecular weight is 318 g/mol. The van der Waals surface area contributed by atoms with Crippen LogP contribution in [0, 0.1) is 0 Å². The van der Waals surface area contributed by atoms with Gasteiger partial charge in [0.05, 0.1) is 6.04 Å². The van der Waals surface area contributed by atoms with Crippen molar-refractivity contribution in [1.29, 1.82) is 0 Å². The Bertz CT molecular complexity index is 630. The van der Waals surface area contributed by atoms with Crippen LogP contribution >= 0.6 is 11.5 Å². The first-order valence-corrected chi connectivity index (χ1v) is 9.04. The molecule has 2 aliphatic rings. The van der Waals surface area contributed by atoms with Crippen LogP contribution in [0.2, 0.25) is 0 Å². The van der Waals surface area contributed by atoms with Gasteiger partial charge in [-0.25, -0.2) is 4.98 Å². The fraction of sp³-hybridized carbons (Fsp3) is 0.733. The molecule has 3 heterocycles. The minimum atomic E-state index is 0.291. The zero-order valence-corrected chi connectivity index (χ0v) is 13.8. The van der Waals surface area contributed by atoms with Crippen molar-refractivity contribution in [2.45, 2.75) is 56.9 Å². The summed E-state index contributed by atoms with van der Waals surface area (Å²) in [6, 6.07) is 0.291. The highest BCUT2D eigenvalue weighted by Gasteiger charge is 2.32. The smallest absolute Gasteiger partial charge is 0.205 e. The number of anilines is 1. The SMILES string of the molecule is Cn1cnnc1C1CCCN1c1nc(C2CCCCC2)ns1. The van der Waals surface area contributed by atoms with Crippen LogP contribution < -0.4 is 4.90 Å². The lowest BCUT2D eigenvalue weighted by atomic mass is 9.89. The Balaban J connectivity index is 1.56. The van der Waals surface area contributed by atoms with Gasteiger partial charge in [0.1, 0.15) is 12.2 Å². The summed E-state index contributed by atoms with van der Waals surface area (Å²) in [6.45, 7) is 1.04. The maximum atomic E-state index is 4.88. The van der Waals surface area contributed by atoms with Crippen LogP contribution in [0.5, 0.6) is 0 Å². The standard InChI is InChI=1S/C15H22N6S/c1-20-10-16-18-14(20)12-8-5-9-21(12)15-17-13(19-22-15)11-6-3-2-4-7-11/h10-12H,2-9H2,1H3. The Morgan fingerprint density at radius 3 is 2.77 bits per heavy atom. The molecule has 0 spiro atoms. The summed E-state index contributed by atoms with van der Waals surface area (Å²) in [5.74, 6) is 2.69. The van der Waals surface area contributed by atoms with E-state index in [1.165, 1.54) is 38.5 Å². The van der Waals surface area contributed by atoms with Crippen molar-refractivity contribution < 1.29 is 0 Å². The minimum absolute atomic E-state index is 0.291. The topological polar surface area (TPSA) is 59.7 Å². The lowest BCUT2D eigenvalue weighted by Gasteiger charge is -2.22. The lowest BCUT2D eigenvalue weighted by molar-refractivity contribution is 0.431. The van der Waals surface area contributed by atoms with Gasteiger partial charge in [-0.1, -0.05) is 19.3 Å². The van der Waals surface area contributed by atoms with Crippen LogP contribution in [-0.2, 0) is 7.05 Å². The van der Waals surface area contributed by atoms with E-state index >= 15 is 0 Å². The van der Waals surface area contributed by atoms with Gasteiger partial charge in [0, 0.05) is 31.0 Å². The Kier molecular flexibility index (Phi) is 3.82. The second-order valence-electron chi connectivity index (χ2n) is 6.42. The third-order valence-electron chi connectivity index (χ3n) is 4.94. The second-order valence-corrected chi connectivity index (χ2v) is 7.15. The monoisotopic (exact) mass is 318 g/mol. The molecule has 1 aliphatic carbocycles. The molecular formula is C15H22N6S. The molecule has 7 heteroatoms. The third-order valence-corrected chi connectivity index (χ3v) is 5.71. The summed E-state index contributed by atoms with van der Waals surface area (Å²) in [5.41, 5.74) is 0. The zero-order chi connectivity index (χ0) is 14.9. The molecule has 4 rings (SSSR count). The first-order chi connectivity index (χ1) is 10.8. The summed E-state index contributed by atoms with van der Waals surface area (Å²) in [5, 5.41) is 9.39. The van der Waals surface area contributed by atoms with E-state index in [4.69, 9.17) is 4.98 Å². The van der Waals surface area contributed by atoms with Crippen molar-refractivity contribution >= 4 is 16.7 Å². The quantitative estimate of drug-likeness (QED) is 0.870. The molecule has 2 aromatic heterocycles. The molecule has 6 nitrogen and oxygen atoms in total. The number of aryl methyl sites for hydroxylation is 1. The van der Waals surface area contributed by atoms with Crippen molar-refractivity contribution in [3.05, 3.63) is 18.0 Å². The molecule has 1 unspecified atom stereocenters. The van der Waals surface area contributed by atoms with Crippen LogP contribution in [-0.4, -0.2) is 30.7 Å². The maximum Gasteiger partial charge on any atom is 0.205 e. The number of hydrogen-bond donors (Lipinski definition) is 0. The van der Waals surface area contributed by atoms with E-state index in [-0.39, 0.29) is 0 Å². The van der Waals surface area contributed by atoms with Gasteiger partial charge in [0.25, 0.3) is 0 Å². The van der Waals surface area contributed by atoms with Gasteiger partial charge in [-0.2, -0.15) is 4.37 Å². The molecule has 1 saturated carbocycles. The Labute approximate surface area is 134 Å². The fourth-order valence-electron chi connectivity index (χ4n) is 3.73. The Morgan fingerprint density at radius 2 is 2.00 bits per heavy atom. The summed E-state index contributed by atoms with van der Waals surface area (Å²) in [7, 11) is 2.01. The van der Waals surface area contributed by atoms with E-state index in [0.717, 1.165) is 29.7 Å². The predicted octanol–water partition coefficient (Wildman–Crippen LogP) is 3.06. The van der Waals surface area contributed by atoms with Crippen molar-refractivity contribution in [2.75, 3.05) is 11.4 Å². The molecule has 0 aromatic carbocycles. The molecular weight excluding hydrogens is 296 g/mol. The molecule has 2 aromatic rings. The average Bonchev–Trinajstić information content (AvgIpc) is 3.27. The summed E-state index contributed by atoms with van der Waals surface area (Å²) < 4.78 is 6.69. The van der Waals surface area contributed by atoms with E-state index in [1.807, 2.05) is 11.6 Å². The lowest BCUT2D eigenvalue weighted by Crippen LogP contribution is -2.24. The molecule has 0 radical (unpaired) electrons. The molecule has 0 N–H and O–H groups in total. The number of nitrogens with zero attached hydrogens (tertiary/aromatic N) is 6. The molecule has 0 bridgehead atoms. The van der Waals surface area contributed by atoms with Gasteiger partial charge >= 0.3 is 0 Å². The van der Waals surface area contributed by atoms with Crippen LogP contribution in [0.15, 0.2) is 6.33 Å². The maximum absolute atomic E-state index is 4.88.